The Hall–Kier alpha value is -3.57. The predicted octanol–water partition coefficient (Wildman–Crippen LogP) is 5.22. The number of benzene rings is 3. The second-order valence-corrected chi connectivity index (χ2v) is 12.8. The van der Waals surface area contributed by atoms with Gasteiger partial charge in [0, 0.05) is 23.6 Å². The standard InChI is InChI=1S/C31H38BrN3O6S/c1-7-13-33-31(37)23(4)34(19-24-9-8-10-25(32)17-24)30(36)20-35(26-15-21(2)14-22(3)16-26)42(38,39)27-11-12-28(40-5)29(18-27)41-6/h8-12,14-18,23H,7,13,19-20H2,1-6H3,(H,33,37)/t23-/m1/s1. The van der Waals surface area contributed by atoms with Crippen LogP contribution in [0.3, 0.4) is 0 Å². The molecule has 11 heteroatoms. The van der Waals surface area contributed by atoms with Gasteiger partial charge in [0.25, 0.3) is 10.0 Å². The molecule has 3 rings (SSSR count). The Balaban J connectivity index is 2.10. The third-order valence-electron chi connectivity index (χ3n) is 6.67. The molecule has 0 unspecified atom stereocenters. The molecule has 9 nitrogen and oxygen atoms in total. The second kappa shape index (κ2) is 14.6. The average molecular weight is 661 g/mol. The van der Waals surface area contributed by atoms with Crippen LogP contribution < -0.4 is 19.1 Å². The Morgan fingerprint density at radius 1 is 0.952 bits per heavy atom. The maximum absolute atomic E-state index is 14.2. The molecule has 0 radical (unpaired) electrons. The highest BCUT2D eigenvalue weighted by molar-refractivity contribution is 9.10. The number of rotatable bonds is 13. The van der Waals surface area contributed by atoms with E-state index in [1.807, 2.05) is 51.1 Å². The first-order chi connectivity index (χ1) is 19.9. The number of hydrogen-bond donors (Lipinski definition) is 1. The molecule has 0 saturated heterocycles. The number of nitrogens with zero attached hydrogens (tertiary/aromatic N) is 2. The van der Waals surface area contributed by atoms with Gasteiger partial charge in [-0.05, 0) is 80.3 Å². The normalized spacial score (nSPS) is 11.9. The van der Waals surface area contributed by atoms with Crippen LogP contribution in [-0.4, -0.2) is 58.5 Å². The monoisotopic (exact) mass is 659 g/mol. The molecule has 0 aliphatic heterocycles. The number of ether oxygens (including phenoxy) is 2. The van der Waals surface area contributed by atoms with E-state index in [1.165, 1.54) is 37.3 Å². The predicted molar refractivity (Wildman–Crippen MR) is 167 cm³/mol. The summed E-state index contributed by atoms with van der Waals surface area (Å²) in [5.74, 6) is -0.237. The van der Waals surface area contributed by atoms with E-state index in [2.05, 4.69) is 21.2 Å². The van der Waals surface area contributed by atoms with E-state index in [-0.39, 0.29) is 23.1 Å². The van der Waals surface area contributed by atoms with Crippen molar-refractivity contribution in [3.8, 4) is 11.5 Å². The summed E-state index contributed by atoms with van der Waals surface area (Å²) in [5.41, 5.74) is 2.79. The van der Waals surface area contributed by atoms with Gasteiger partial charge in [-0.15, -0.1) is 0 Å². The number of amides is 2. The van der Waals surface area contributed by atoms with Crippen molar-refractivity contribution >= 4 is 43.5 Å². The molecule has 1 atom stereocenters. The third kappa shape index (κ3) is 8.04. The van der Waals surface area contributed by atoms with Crippen LogP contribution in [0.5, 0.6) is 11.5 Å². The minimum Gasteiger partial charge on any atom is -0.493 e. The summed E-state index contributed by atoms with van der Waals surface area (Å²) in [7, 11) is -1.39. The average Bonchev–Trinajstić information content (AvgIpc) is 2.95. The number of aryl methyl sites for hydroxylation is 2. The minimum absolute atomic E-state index is 0.0700. The molecule has 0 bridgehead atoms. The fourth-order valence-electron chi connectivity index (χ4n) is 4.54. The van der Waals surface area contributed by atoms with Crippen LogP contribution in [0, 0.1) is 13.8 Å². The fourth-order valence-corrected chi connectivity index (χ4v) is 6.40. The molecule has 0 fully saturated rings. The first kappa shape index (κ1) is 32.9. The zero-order valence-electron chi connectivity index (χ0n) is 24.8. The van der Waals surface area contributed by atoms with Crippen LogP contribution in [0.15, 0.2) is 70.0 Å². The Bertz CT molecular complexity index is 1510. The van der Waals surface area contributed by atoms with Gasteiger partial charge in [-0.3, -0.25) is 13.9 Å². The number of halogens is 1. The highest BCUT2D eigenvalue weighted by Gasteiger charge is 2.33. The highest BCUT2D eigenvalue weighted by atomic mass is 79.9. The molecule has 0 aromatic heterocycles. The van der Waals surface area contributed by atoms with Gasteiger partial charge < -0.3 is 19.7 Å². The van der Waals surface area contributed by atoms with Crippen LogP contribution >= 0.6 is 15.9 Å². The summed E-state index contributed by atoms with van der Waals surface area (Å²) in [4.78, 5) is 28.5. The number of carbonyl (C=O) groups is 2. The molecule has 226 valence electrons. The zero-order valence-corrected chi connectivity index (χ0v) is 27.2. The van der Waals surface area contributed by atoms with E-state index in [9.17, 15) is 18.0 Å². The van der Waals surface area contributed by atoms with Gasteiger partial charge in [-0.1, -0.05) is 41.1 Å². The van der Waals surface area contributed by atoms with E-state index in [0.717, 1.165) is 31.9 Å². The van der Waals surface area contributed by atoms with Crippen molar-refractivity contribution in [1.29, 1.82) is 0 Å². The van der Waals surface area contributed by atoms with E-state index >= 15 is 0 Å². The number of hydrogen-bond acceptors (Lipinski definition) is 6. The van der Waals surface area contributed by atoms with Crippen LogP contribution in [0.2, 0.25) is 0 Å². The molecular weight excluding hydrogens is 622 g/mol. The molecule has 0 aliphatic carbocycles. The summed E-state index contributed by atoms with van der Waals surface area (Å²) in [6, 6.07) is 16.2. The minimum atomic E-state index is -4.27. The number of nitrogens with one attached hydrogen (secondary N) is 1. The van der Waals surface area contributed by atoms with Gasteiger partial charge in [0.15, 0.2) is 11.5 Å². The van der Waals surface area contributed by atoms with Crippen molar-refractivity contribution in [2.45, 2.75) is 51.6 Å². The van der Waals surface area contributed by atoms with Crippen LogP contribution in [0.25, 0.3) is 0 Å². The van der Waals surface area contributed by atoms with Crippen molar-refractivity contribution in [2.24, 2.45) is 0 Å². The van der Waals surface area contributed by atoms with E-state index in [1.54, 1.807) is 19.1 Å². The maximum atomic E-state index is 14.2. The highest BCUT2D eigenvalue weighted by Crippen LogP contribution is 2.33. The molecule has 0 spiro atoms. The molecule has 3 aromatic rings. The lowest BCUT2D eigenvalue weighted by molar-refractivity contribution is -0.139. The van der Waals surface area contributed by atoms with E-state index in [0.29, 0.717) is 18.0 Å². The summed E-state index contributed by atoms with van der Waals surface area (Å²) in [6.07, 6.45) is 0.738. The van der Waals surface area contributed by atoms with Crippen LogP contribution in [0.4, 0.5) is 5.69 Å². The smallest absolute Gasteiger partial charge is 0.264 e. The quantitative estimate of drug-likeness (QED) is 0.270. The van der Waals surface area contributed by atoms with Crippen molar-refractivity contribution < 1.29 is 27.5 Å². The summed E-state index contributed by atoms with van der Waals surface area (Å²) in [6.45, 7) is 7.35. The van der Waals surface area contributed by atoms with Gasteiger partial charge in [0.2, 0.25) is 11.8 Å². The molecule has 3 aromatic carbocycles. The number of anilines is 1. The number of methoxy groups -OCH3 is 2. The lowest BCUT2D eigenvalue weighted by Gasteiger charge is -2.32. The Kier molecular flexibility index (Phi) is 11.4. The molecule has 1 N–H and O–H groups in total. The Labute approximate surface area is 257 Å². The maximum Gasteiger partial charge on any atom is 0.264 e. The third-order valence-corrected chi connectivity index (χ3v) is 8.94. The summed E-state index contributed by atoms with van der Waals surface area (Å²) >= 11 is 3.46. The SMILES string of the molecule is CCCNC(=O)[C@@H](C)N(Cc1cccc(Br)c1)C(=O)CN(c1cc(C)cc(C)c1)S(=O)(=O)c1ccc(OC)c(OC)c1. The number of sulfonamides is 1. The van der Waals surface area contributed by atoms with E-state index < -0.39 is 28.5 Å². The lowest BCUT2D eigenvalue weighted by atomic mass is 10.1. The van der Waals surface area contributed by atoms with E-state index in [4.69, 9.17) is 9.47 Å². The van der Waals surface area contributed by atoms with Gasteiger partial charge in [-0.25, -0.2) is 8.42 Å². The van der Waals surface area contributed by atoms with Crippen LogP contribution in [-0.2, 0) is 26.2 Å². The van der Waals surface area contributed by atoms with Crippen LogP contribution in [0.1, 0.15) is 37.0 Å². The second-order valence-electron chi connectivity index (χ2n) is 9.99. The number of carbonyl (C=O) groups excluding carboxylic acids is 2. The van der Waals surface area contributed by atoms with Crippen molar-refractivity contribution in [1.82, 2.24) is 10.2 Å². The molecule has 42 heavy (non-hydrogen) atoms. The fraction of sp³-hybridized carbons (Fsp3) is 0.355. The molecule has 0 saturated carbocycles. The molecule has 0 heterocycles. The van der Waals surface area contributed by atoms with Gasteiger partial charge >= 0.3 is 0 Å². The summed E-state index contributed by atoms with van der Waals surface area (Å²) in [5, 5.41) is 2.84. The molecule has 2 amide bonds. The Morgan fingerprint density at radius 2 is 1.62 bits per heavy atom. The Morgan fingerprint density at radius 3 is 2.21 bits per heavy atom. The van der Waals surface area contributed by atoms with Gasteiger partial charge in [0.1, 0.15) is 12.6 Å². The van der Waals surface area contributed by atoms with Crippen molar-refractivity contribution in [3.63, 3.8) is 0 Å². The topological polar surface area (TPSA) is 105 Å². The first-order valence-corrected chi connectivity index (χ1v) is 15.8. The van der Waals surface area contributed by atoms with Crippen molar-refractivity contribution in [3.05, 3.63) is 81.8 Å². The lowest BCUT2D eigenvalue weighted by Crippen LogP contribution is -2.51. The molecule has 0 aliphatic rings. The van der Waals surface area contributed by atoms with Gasteiger partial charge in [-0.2, -0.15) is 0 Å². The van der Waals surface area contributed by atoms with Gasteiger partial charge in [0.05, 0.1) is 24.8 Å². The largest absolute Gasteiger partial charge is 0.493 e. The first-order valence-electron chi connectivity index (χ1n) is 13.6. The summed E-state index contributed by atoms with van der Waals surface area (Å²) < 4.78 is 40.9. The zero-order chi connectivity index (χ0) is 31.0. The van der Waals surface area contributed by atoms with Crippen molar-refractivity contribution in [2.75, 3.05) is 31.6 Å². The molecular formula is C31H38BrN3O6S.